The Kier molecular flexibility index (Phi) is 7.29. The van der Waals surface area contributed by atoms with Crippen molar-refractivity contribution in [3.63, 3.8) is 0 Å². The summed E-state index contributed by atoms with van der Waals surface area (Å²) in [5.41, 5.74) is 1.54. The van der Waals surface area contributed by atoms with Gasteiger partial charge in [-0.1, -0.05) is 0 Å². The van der Waals surface area contributed by atoms with Gasteiger partial charge in [0.05, 0.1) is 33.4 Å². The van der Waals surface area contributed by atoms with E-state index in [1.54, 1.807) is 6.07 Å². The van der Waals surface area contributed by atoms with Crippen LogP contribution in [-0.4, -0.2) is 66.8 Å². The summed E-state index contributed by atoms with van der Waals surface area (Å²) in [5.74, 6) is -1.44. The van der Waals surface area contributed by atoms with Crippen LogP contribution in [0.2, 0.25) is 0 Å². The van der Waals surface area contributed by atoms with Gasteiger partial charge < -0.3 is 29.4 Å². The molecule has 0 fully saturated rings. The van der Waals surface area contributed by atoms with Gasteiger partial charge in [0, 0.05) is 36.7 Å². The first kappa shape index (κ1) is 23.0. The van der Waals surface area contributed by atoms with E-state index in [0.717, 1.165) is 5.69 Å². The average Bonchev–Trinajstić information content (AvgIpc) is 3.29. The smallest absolute Gasteiger partial charge is 0.328 e. The number of imidazole rings is 1. The molecule has 172 valence electrons. The number of aromatic amines is 1. The second-order valence-corrected chi connectivity index (χ2v) is 7.14. The number of hydrogen-bond acceptors (Lipinski definition) is 7. The summed E-state index contributed by atoms with van der Waals surface area (Å²) in [5, 5.41) is 2.60. The van der Waals surface area contributed by atoms with Crippen LogP contribution in [0.4, 0.5) is 9.18 Å². The lowest BCUT2D eigenvalue weighted by Crippen LogP contribution is -2.51. The van der Waals surface area contributed by atoms with Gasteiger partial charge in [-0.25, -0.2) is 19.0 Å². The van der Waals surface area contributed by atoms with Crippen molar-refractivity contribution < 1.29 is 33.0 Å². The van der Waals surface area contributed by atoms with Gasteiger partial charge in [-0.2, -0.15) is 0 Å². The normalized spacial score (nSPS) is 16.0. The molecule has 32 heavy (non-hydrogen) atoms. The molecule has 1 aromatic carbocycles. The number of aromatic nitrogens is 2. The van der Waals surface area contributed by atoms with Gasteiger partial charge in [0.15, 0.2) is 0 Å². The van der Waals surface area contributed by atoms with Gasteiger partial charge in [-0.05, 0) is 18.6 Å². The maximum absolute atomic E-state index is 15.0. The largest absolute Gasteiger partial charge is 0.497 e. The molecule has 2 heterocycles. The van der Waals surface area contributed by atoms with Gasteiger partial charge in [0.2, 0.25) is 0 Å². The first-order chi connectivity index (χ1) is 15.4. The Labute approximate surface area is 184 Å². The van der Waals surface area contributed by atoms with E-state index >= 15 is 0 Å². The van der Waals surface area contributed by atoms with Crippen LogP contribution in [0.1, 0.15) is 35.8 Å². The maximum atomic E-state index is 15.0. The average molecular weight is 448 g/mol. The van der Waals surface area contributed by atoms with Crippen LogP contribution in [0.5, 0.6) is 5.75 Å². The third kappa shape index (κ3) is 4.82. The molecule has 0 unspecified atom stereocenters. The summed E-state index contributed by atoms with van der Waals surface area (Å²) in [6.45, 7) is 0.252. The van der Waals surface area contributed by atoms with E-state index in [0.29, 0.717) is 17.9 Å². The standard InChI is InChI=1S/C21H25FN4O6/c1-30-12-4-5-13(14(22)10-12)19-18-15(23-11-24-18)8-9-26(19)21(29)25-16(20(28)32-3)6-7-17(27)31-2/h4-5,10-11,16,19H,6-9H2,1-3H3,(H,23,24)(H,25,29)/t16-,19+/m0/s1. The van der Waals surface area contributed by atoms with E-state index in [2.05, 4.69) is 20.0 Å². The Balaban J connectivity index is 1.89. The van der Waals surface area contributed by atoms with Gasteiger partial charge >= 0.3 is 18.0 Å². The monoisotopic (exact) mass is 448 g/mol. The minimum absolute atomic E-state index is 0.00581. The Bertz CT molecular complexity index is 994. The number of hydrogen-bond donors (Lipinski definition) is 2. The topological polar surface area (TPSA) is 123 Å². The molecule has 2 aromatic rings. The highest BCUT2D eigenvalue weighted by molar-refractivity contribution is 5.84. The van der Waals surface area contributed by atoms with E-state index in [1.165, 1.54) is 44.7 Å². The number of halogens is 1. The molecule has 0 saturated carbocycles. The minimum Gasteiger partial charge on any atom is -0.497 e. The van der Waals surface area contributed by atoms with Crippen molar-refractivity contribution in [2.45, 2.75) is 31.3 Å². The summed E-state index contributed by atoms with van der Waals surface area (Å²) < 4.78 is 29.4. The zero-order chi connectivity index (χ0) is 23.3. The number of methoxy groups -OCH3 is 3. The van der Waals surface area contributed by atoms with Crippen molar-refractivity contribution in [2.75, 3.05) is 27.9 Å². The summed E-state index contributed by atoms with van der Waals surface area (Å²) in [7, 11) is 3.85. The van der Waals surface area contributed by atoms with Crippen molar-refractivity contribution >= 4 is 18.0 Å². The van der Waals surface area contributed by atoms with Crippen LogP contribution in [0, 0.1) is 5.82 Å². The predicted octanol–water partition coefficient (Wildman–Crippen LogP) is 1.71. The number of esters is 2. The Morgan fingerprint density at radius 2 is 2.06 bits per heavy atom. The molecule has 0 spiro atoms. The molecule has 1 aliphatic heterocycles. The summed E-state index contributed by atoms with van der Waals surface area (Å²) in [6, 6.07) is 1.86. The number of rotatable bonds is 7. The quantitative estimate of drug-likeness (QED) is 0.618. The molecule has 0 aliphatic carbocycles. The molecule has 1 aliphatic rings. The molecule has 2 amide bonds. The first-order valence-electron chi connectivity index (χ1n) is 9.97. The van der Waals surface area contributed by atoms with Crippen LogP contribution in [0.25, 0.3) is 0 Å². The third-order valence-corrected chi connectivity index (χ3v) is 5.34. The Hall–Kier alpha value is -3.63. The van der Waals surface area contributed by atoms with E-state index < -0.39 is 35.9 Å². The van der Waals surface area contributed by atoms with E-state index in [-0.39, 0.29) is 24.9 Å². The van der Waals surface area contributed by atoms with Crippen molar-refractivity contribution in [3.05, 3.63) is 47.3 Å². The number of fused-ring (bicyclic) bond motifs is 1. The van der Waals surface area contributed by atoms with Gasteiger partial charge in [0.25, 0.3) is 0 Å². The molecular formula is C21H25FN4O6. The Morgan fingerprint density at radius 3 is 2.72 bits per heavy atom. The highest BCUT2D eigenvalue weighted by Gasteiger charge is 2.37. The lowest BCUT2D eigenvalue weighted by Gasteiger charge is -2.36. The minimum atomic E-state index is -1.08. The predicted molar refractivity (Wildman–Crippen MR) is 109 cm³/mol. The zero-order valence-electron chi connectivity index (χ0n) is 18.0. The number of ether oxygens (including phenoxy) is 3. The second kappa shape index (κ2) is 10.1. The van der Waals surface area contributed by atoms with Crippen molar-refractivity contribution in [1.29, 1.82) is 0 Å². The molecule has 0 bridgehead atoms. The van der Waals surface area contributed by atoms with E-state index in [9.17, 15) is 18.8 Å². The number of carbonyl (C=O) groups excluding carboxylic acids is 3. The van der Waals surface area contributed by atoms with Crippen LogP contribution in [0.3, 0.4) is 0 Å². The van der Waals surface area contributed by atoms with E-state index in [4.69, 9.17) is 9.47 Å². The molecule has 1 aromatic heterocycles. The van der Waals surface area contributed by atoms with Gasteiger partial charge in [0.1, 0.15) is 23.7 Å². The molecule has 3 rings (SSSR count). The lowest BCUT2D eigenvalue weighted by molar-refractivity contribution is -0.144. The molecule has 2 atom stereocenters. The number of nitrogens with one attached hydrogen (secondary N) is 2. The lowest BCUT2D eigenvalue weighted by atomic mass is 9.95. The zero-order valence-corrected chi connectivity index (χ0v) is 18.0. The summed E-state index contributed by atoms with van der Waals surface area (Å²) in [4.78, 5) is 45.6. The molecule has 10 nitrogen and oxygen atoms in total. The number of amides is 2. The first-order valence-corrected chi connectivity index (χ1v) is 9.97. The SMILES string of the molecule is COC(=O)CC[C@H](NC(=O)N1CCc2[nH]cnc2[C@H]1c1ccc(OC)cc1F)C(=O)OC. The van der Waals surface area contributed by atoms with Crippen LogP contribution < -0.4 is 10.1 Å². The van der Waals surface area contributed by atoms with E-state index in [1.807, 2.05) is 0 Å². The maximum Gasteiger partial charge on any atom is 0.328 e. The fraction of sp³-hybridized carbons (Fsp3) is 0.429. The van der Waals surface area contributed by atoms with Gasteiger partial charge in [-0.3, -0.25) is 4.79 Å². The number of carbonyl (C=O) groups is 3. The van der Waals surface area contributed by atoms with Crippen molar-refractivity contribution in [1.82, 2.24) is 20.2 Å². The van der Waals surface area contributed by atoms with Crippen LogP contribution in [-0.2, 0) is 25.5 Å². The molecule has 11 heteroatoms. The van der Waals surface area contributed by atoms with Crippen LogP contribution in [0.15, 0.2) is 24.5 Å². The fourth-order valence-electron chi connectivity index (χ4n) is 3.65. The number of urea groups is 1. The second-order valence-electron chi connectivity index (χ2n) is 7.14. The number of H-pyrrole nitrogens is 1. The third-order valence-electron chi connectivity index (χ3n) is 5.34. The number of benzene rings is 1. The molecule has 2 N–H and O–H groups in total. The van der Waals surface area contributed by atoms with Crippen LogP contribution >= 0.6 is 0 Å². The number of nitrogens with zero attached hydrogens (tertiary/aromatic N) is 2. The summed E-state index contributed by atoms with van der Waals surface area (Å²) >= 11 is 0. The van der Waals surface area contributed by atoms with Crippen molar-refractivity contribution in [2.24, 2.45) is 0 Å². The van der Waals surface area contributed by atoms with Crippen molar-refractivity contribution in [3.8, 4) is 5.75 Å². The Morgan fingerprint density at radius 1 is 1.28 bits per heavy atom. The molecule has 0 saturated heterocycles. The molecule has 0 radical (unpaired) electrons. The highest BCUT2D eigenvalue weighted by atomic mass is 19.1. The molecular weight excluding hydrogens is 423 g/mol. The highest BCUT2D eigenvalue weighted by Crippen LogP contribution is 2.35. The summed E-state index contributed by atoms with van der Waals surface area (Å²) in [6.07, 6.45) is 1.88. The fourth-order valence-corrected chi connectivity index (χ4v) is 3.65. The van der Waals surface area contributed by atoms with Gasteiger partial charge in [-0.15, -0.1) is 0 Å².